The van der Waals surface area contributed by atoms with Crippen molar-refractivity contribution in [3.8, 4) is 6.07 Å². The number of carbonyl (C=O) groups excluding carboxylic acids is 1. The van der Waals surface area contributed by atoms with E-state index in [-0.39, 0.29) is 5.78 Å². The Morgan fingerprint density at radius 2 is 1.78 bits per heavy atom. The van der Waals surface area contributed by atoms with Crippen molar-refractivity contribution in [2.75, 3.05) is 6.26 Å². The van der Waals surface area contributed by atoms with E-state index in [9.17, 15) is 10.1 Å². The second kappa shape index (κ2) is 5.88. The maximum absolute atomic E-state index is 12.3. The summed E-state index contributed by atoms with van der Waals surface area (Å²) >= 11 is 1.34. The second-order valence-corrected chi connectivity index (χ2v) is 5.78. The van der Waals surface area contributed by atoms with Gasteiger partial charge in [-0.2, -0.15) is 5.26 Å². The third-order valence-electron chi connectivity index (χ3n) is 2.49. The highest BCUT2D eigenvalue weighted by Gasteiger charge is 2.27. The zero-order valence-corrected chi connectivity index (χ0v) is 12.0. The van der Waals surface area contributed by atoms with Gasteiger partial charge < -0.3 is 0 Å². The molecule has 1 aromatic rings. The van der Waals surface area contributed by atoms with Crippen molar-refractivity contribution < 1.29 is 4.79 Å². The quantitative estimate of drug-likeness (QED) is 0.610. The first-order valence-corrected chi connectivity index (χ1v) is 6.93. The zero-order chi connectivity index (χ0) is 13.8. The number of ketones is 1. The van der Waals surface area contributed by atoms with Crippen LogP contribution in [0.25, 0.3) is 5.57 Å². The molecule has 0 atom stereocenters. The summed E-state index contributed by atoms with van der Waals surface area (Å²) in [6, 6.07) is 11.5. The zero-order valence-electron chi connectivity index (χ0n) is 11.2. The molecule has 0 bridgehead atoms. The lowest BCUT2D eigenvalue weighted by atomic mass is 9.88. The normalized spacial score (nSPS) is 12.6. The van der Waals surface area contributed by atoms with Gasteiger partial charge in [-0.15, -0.1) is 11.8 Å². The number of thioether (sulfide) groups is 1. The highest BCUT2D eigenvalue weighted by molar-refractivity contribution is 8.03. The molecule has 0 aliphatic rings. The van der Waals surface area contributed by atoms with Gasteiger partial charge in [0.25, 0.3) is 0 Å². The molecule has 0 radical (unpaired) electrons. The van der Waals surface area contributed by atoms with Gasteiger partial charge in [0.2, 0.25) is 0 Å². The van der Waals surface area contributed by atoms with Gasteiger partial charge >= 0.3 is 0 Å². The first-order chi connectivity index (χ1) is 8.41. The minimum atomic E-state index is -0.477. The molecule has 0 N–H and O–H groups in total. The molecule has 0 fully saturated rings. The van der Waals surface area contributed by atoms with Gasteiger partial charge in [0, 0.05) is 5.41 Å². The lowest BCUT2D eigenvalue weighted by Crippen LogP contribution is -2.21. The summed E-state index contributed by atoms with van der Waals surface area (Å²) in [7, 11) is 0. The highest BCUT2D eigenvalue weighted by atomic mass is 32.2. The Morgan fingerprint density at radius 3 is 2.17 bits per heavy atom. The fourth-order valence-electron chi connectivity index (χ4n) is 1.50. The van der Waals surface area contributed by atoms with Gasteiger partial charge in [-0.25, -0.2) is 0 Å². The van der Waals surface area contributed by atoms with Gasteiger partial charge in [-0.05, 0) is 11.8 Å². The third-order valence-corrected chi connectivity index (χ3v) is 3.29. The summed E-state index contributed by atoms with van der Waals surface area (Å²) in [5.41, 5.74) is 0.778. The van der Waals surface area contributed by atoms with E-state index < -0.39 is 5.41 Å². The van der Waals surface area contributed by atoms with Crippen LogP contribution in [0, 0.1) is 16.7 Å². The largest absolute Gasteiger partial charge is 0.293 e. The Labute approximate surface area is 113 Å². The molecule has 0 heterocycles. The van der Waals surface area contributed by atoms with Crippen LogP contribution in [-0.4, -0.2) is 12.0 Å². The smallest absolute Gasteiger partial charge is 0.175 e. The molecule has 18 heavy (non-hydrogen) atoms. The molecule has 0 unspecified atom stereocenters. The SMILES string of the molecule is CS/C(C(=O)C(C)(C)C)=C(\C#N)c1ccccc1. The van der Waals surface area contributed by atoms with Gasteiger partial charge in [0.1, 0.15) is 6.07 Å². The standard InChI is InChI=1S/C15H17NOS/c1-15(2,3)14(17)13(18-4)12(10-16)11-8-6-5-7-9-11/h5-9H,1-4H3/b13-12+. The summed E-state index contributed by atoms with van der Waals surface area (Å²) in [5.74, 6) is 0.00963. The van der Waals surface area contributed by atoms with Crippen molar-refractivity contribution in [1.82, 2.24) is 0 Å². The van der Waals surface area contributed by atoms with E-state index in [1.807, 2.05) is 57.4 Å². The van der Waals surface area contributed by atoms with Crippen LogP contribution in [0.2, 0.25) is 0 Å². The van der Waals surface area contributed by atoms with Gasteiger partial charge in [-0.1, -0.05) is 51.1 Å². The maximum atomic E-state index is 12.3. The molecule has 1 aromatic carbocycles. The number of nitriles is 1. The fourth-order valence-corrected chi connectivity index (χ4v) is 2.36. The number of hydrogen-bond acceptors (Lipinski definition) is 3. The summed E-state index contributed by atoms with van der Waals surface area (Å²) in [4.78, 5) is 12.9. The summed E-state index contributed by atoms with van der Waals surface area (Å²) in [6.07, 6.45) is 1.83. The van der Waals surface area contributed by atoms with Crippen molar-refractivity contribution >= 4 is 23.1 Å². The summed E-state index contributed by atoms with van der Waals surface area (Å²) in [6.45, 7) is 5.60. The lowest BCUT2D eigenvalue weighted by molar-refractivity contribution is -0.121. The Hall–Kier alpha value is -1.53. The van der Waals surface area contributed by atoms with Crippen LogP contribution >= 0.6 is 11.8 Å². The number of nitrogens with zero attached hydrogens (tertiary/aromatic N) is 1. The van der Waals surface area contributed by atoms with E-state index in [1.54, 1.807) is 0 Å². The lowest BCUT2D eigenvalue weighted by Gasteiger charge is -2.19. The van der Waals surface area contributed by atoms with Crippen LogP contribution in [0.1, 0.15) is 26.3 Å². The Balaban J connectivity index is 3.37. The molecule has 2 nitrogen and oxygen atoms in total. The monoisotopic (exact) mass is 259 g/mol. The Bertz CT molecular complexity index is 504. The van der Waals surface area contributed by atoms with Gasteiger partial charge in [-0.3, -0.25) is 4.79 Å². The number of carbonyl (C=O) groups is 1. The van der Waals surface area contributed by atoms with E-state index in [0.29, 0.717) is 10.5 Å². The molecular formula is C15H17NOS. The predicted octanol–water partition coefficient (Wildman–Crippen LogP) is 3.90. The van der Waals surface area contributed by atoms with Crippen LogP contribution in [0.5, 0.6) is 0 Å². The minimum absolute atomic E-state index is 0.00963. The molecular weight excluding hydrogens is 242 g/mol. The van der Waals surface area contributed by atoms with Gasteiger partial charge in [0.05, 0.1) is 10.5 Å². The molecule has 0 saturated carbocycles. The number of rotatable bonds is 3. The van der Waals surface area contributed by atoms with Crippen molar-refractivity contribution in [3.05, 3.63) is 40.8 Å². The van der Waals surface area contributed by atoms with Crippen molar-refractivity contribution in [3.63, 3.8) is 0 Å². The number of benzene rings is 1. The van der Waals surface area contributed by atoms with Crippen molar-refractivity contribution in [2.24, 2.45) is 5.41 Å². The topological polar surface area (TPSA) is 40.9 Å². The van der Waals surface area contributed by atoms with E-state index >= 15 is 0 Å². The van der Waals surface area contributed by atoms with E-state index in [1.165, 1.54) is 11.8 Å². The predicted molar refractivity (Wildman–Crippen MR) is 77.0 cm³/mol. The fraction of sp³-hybridized carbons (Fsp3) is 0.333. The molecule has 1 rings (SSSR count). The second-order valence-electron chi connectivity index (χ2n) is 4.97. The molecule has 0 spiro atoms. The molecule has 3 heteroatoms. The number of allylic oxidation sites excluding steroid dienone is 2. The average Bonchev–Trinajstić information content (AvgIpc) is 2.35. The van der Waals surface area contributed by atoms with E-state index in [4.69, 9.17) is 0 Å². The summed E-state index contributed by atoms with van der Waals surface area (Å²) in [5, 5.41) is 9.32. The van der Waals surface area contributed by atoms with Gasteiger partial charge in [0.15, 0.2) is 5.78 Å². The molecule has 0 aliphatic heterocycles. The van der Waals surface area contributed by atoms with Crippen molar-refractivity contribution in [1.29, 1.82) is 5.26 Å². The summed E-state index contributed by atoms with van der Waals surface area (Å²) < 4.78 is 0. The van der Waals surface area contributed by atoms with Crippen LogP contribution in [0.4, 0.5) is 0 Å². The van der Waals surface area contributed by atoms with E-state index in [2.05, 4.69) is 6.07 Å². The van der Waals surface area contributed by atoms with Crippen LogP contribution < -0.4 is 0 Å². The minimum Gasteiger partial charge on any atom is -0.293 e. The third kappa shape index (κ3) is 3.24. The molecule has 0 saturated heterocycles. The molecule has 0 aromatic heterocycles. The van der Waals surface area contributed by atoms with Crippen LogP contribution in [0.15, 0.2) is 35.2 Å². The number of hydrogen-bond donors (Lipinski definition) is 0. The van der Waals surface area contributed by atoms with Crippen LogP contribution in [-0.2, 0) is 4.79 Å². The molecule has 94 valence electrons. The first-order valence-electron chi connectivity index (χ1n) is 5.70. The Morgan fingerprint density at radius 1 is 1.22 bits per heavy atom. The Kier molecular flexibility index (Phi) is 4.75. The van der Waals surface area contributed by atoms with Crippen LogP contribution in [0.3, 0.4) is 0 Å². The average molecular weight is 259 g/mol. The van der Waals surface area contributed by atoms with Crippen molar-refractivity contribution in [2.45, 2.75) is 20.8 Å². The maximum Gasteiger partial charge on any atom is 0.175 e. The first kappa shape index (κ1) is 14.5. The molecule has 0 aliphatic carbocycles. The number of Topliss-reactive ketones (excluding diaryl/α,β-unsaturated/α-hetero) is 1. The van der Waals surface area contributed by atoms with E-state index in [0.717, 1.165) is 5.56 Å². The molecule has 0 amide bonds. The highest BCUT2D eigenvalue weighted by Crippen LogP contribution is 2.32.